The summed E-state index contributed by atoms with van der Waals surface area (Å²) in [5, 5.41) is 3.51. The highest BCUT2D eigenvalue weighted by atomic mass is 15.3. The van der Waals surface area contributed by atoms with Crippen LogP contribution in [0.5, 0.6) is 0 Å². The van der Waals surface area contributed by atoms with E-state index in [1.165, 1.54) is 38.2 Å². The van der Waals surface area contributed by atoms with Gasteiger partial charge in [0.25, 0.3) is 0 Å². The standard InChI is InChI=1S/C25H42N6/c1-3-26-25(27-13-8-16-29-17-9-14-28(2)18-19-29)31-22-20-30(21-23-31)15-7-12-24-10-5-4-6-11-24/h4-7,10-12H,3,8-9,13-23H2,1-2H3,(H,26,27)/b12-7+. The maximum absolute atomic E-state index is 4.95. The lowest BCUT2D eigenvalue weighted by molar-refractivity contribution is 0.194. The van der Waals surface area contributed by atoms with Gasteiger partial charge < -0.3 is 20.0 Å². The number of aliphatic imine (C=N–C) groups is 1. The molecule has 1 aromatic carbocycles. The summed E-state index contributed by atoms with van der Waals surface area (Å²) >= 11 is 0. The van der Waals surface area contributed by atoms with Gasteiger partial charge in [0.05, 0.1) is 0 Å². The molecule has 6 nitrogen and oxygen atoms in total. The fourth-order valence-electron chi connectivity index (χ4n) is 4.27. The molecule has 2 aliphatic rings. The van der Waals surface area contributed by atoms with Gasteiger partial charge >= 0.3 is 0 Å². The van der Waals surface area contributed by atoms with Crippen molar-refractivity contribution in [2.75, 3.05) is 85.6 Å². The molecule has 172 valence electrons. The molecule has 6 heteroatoms. The van der Waals surface area contributed by atoms with Crippen LogP contribution in [0.1, 0.15) is 25.3 Å². The molecule has 31 heavy (non-hydrogen) atoms. The Morgan fingerprint density at radius 3 is 2.52 bits per heavy atom. The van der Waals surface area contributed by atoms with Gasteiger partial charge in [0.2, 0.25) is 0 Å². The Bertz CT molecular complexity index is 666. The Kier molecular flexibility index (Phi) is 10.4. The fraction of sp³-hybridized carbons (Fsp3) is 0.640. The molecule has 0 bridgehead atoms. The van der Waals surface area contributed by atoms with Gasteiger partial charge in [0.1, 0.15) is 0 Å². The summed E-state index contributed by atoms with van der Waals surface area (Å²) in [4.78, 5) is 15.0. The number of piperazine rings is 1. The van der Waals surface area contributed by atoms with Crippen LogP contribution in [-0.4, -0.2) is 111 Å². The molecule has 0 radical (unpaired) electrons. The minimum absolute atomic E-state index is 0.911. The third-order valence-electron chi connectivity index (χ3n) is 6.19. The zero-order valence-corrected chi connectivity index (χ0v) is 19.7. The molecule has 2 fully saturated rings. The van der Waals surface area contributed by atoms with Crippen LogP contribution in [0.25, 0.3) is 6.08 Å². The van der Waals surface area contributed by atoms with Crippen molar-refractivity contribution >= 4 is 12.0 Å². The molecule has 2 heterocycles. The number of guanidine groups is 1. The van der Waals surface area contributed by atoms with Gasteiger partial charge in [0.15, 0.2) is 5.96 Å². The lowest BCUT2D eigenvalue weighted by atomic mass is 10.2. The third kappa shape index (κ3) is 8.63. The van der Waals surface area contributed by atoms with Crippen LogP contribution in [0.3, 0.4) is 0 Å². The van der Waals surface area contributed by atoms with Crippen molar-refractivity contribution in [1.29, 1.82) is 0 Å². The van der Waals surface area contributed by atoms with E-state index in [-0.39, 0.29) is 0 Å². The van der Waals surface area contributed by atoms with E-state index in [2.05, 4.69) is 81.4 Å². The summed E-state index contributed by atoms with van der Waals surface area (Å²) in [6.45, 7) is 15.3. The van der Waals surface area contributed by atoms with Gasteiger partial charge in [-0.05, 0) is 52.0 Å². The largest absolute Gasteiger partial charge is 0.357 e. The van der Waals surface area contributed by atoms with E-state index in [9.17, 15) is 0 Å². The van der Waals surface area contributed by atoms with Gasteiger partial charge in [0, 0.05) is 58.9 Å². The second-order valence-electron chi connectivity index (χ2n) is 8.69. The van der Waals surface area contributed by atoms with E-state index >= 15 is 0 Å². The molecule has 1 N–H and O–H groups in total. The van der Waals surface area contributed by atoms with Crippen LogP contribution in [0.2, 0.25) is 0 Å². The first kappa shape index (κ1) is 23.8. The number of rotatable bonds is 8. The maximum atomic E-state index is 4.95. The Balaban J connectivity index is 1.38. The summed E-state index contributed by atoms with van der Waals surface area (Å²) in [5.74, 6) is 1.09. The smallest absolute Gasteiger partial charge is 0.194 e. The summed E-state index contributed by atoms with van der Waals surface area (Å²) in [6.07, 6.45) is 6.93. The van der Waals surface area contributed by atoms with Crippen LogP contribution < -0.4 is 5.32 Å². The quantitative estimate of drug-likeness (QED) is 0.392. The molecule has 0 aromatic heterocycles. The van der Waals surface area contributed by atoms with Crippen molar-refractivity contribution in [2.45, 2.75) is 19.8 Å². The maximum Gasteiger partial charge on any atom is 0.194 e. The van der Waals surface area contributed by atoms with Crippen molar-refractivity contribution < 1.29 is 0 Å². The molecule has 2 saturated heterocycles. The van der Waals surface area contributed by atoms with Gasteiger partial charge in [-0.1, -0.05) is 42.5 Å². The fourth-order valence-corrected chi connectivity index (χ4v) is 4.27. The molecule has 0 spiro atoms. The molecule has 0 atom stereocenters. The predicted octanol–water partition coefficient (Wildman–Crippen LogP) is 2.31. The highest BCUT2D eigenvalue weighted by Crippen LogP contribution is 2.06. The van der Waals surface area contributed by atoms with Gasteiger partial charge in [-0.3, -0.25) is 9.89 Å². The topological polar surface area (TPSA) is 37.4 Å². The van der Waals surface area contributed by atoms with E-state index in [0.717, 1.165) is 64.7 Å². The SMILES string of the molecule is CCNC(=NCCCN1CCCN(C)CC1)N1CCN(C/C=C/c2ccccc2)CC1. The molecule has 3 rings (SSSR count). The summed E-state index contributed by atoms with van der Waals surface area (Å²) in [6, 6.07) is 10.5. The number of hydrogen-bond donors (Lipinski definition) is 1. The molecule has 0 amide bonds. The zero-order valence-electron chi connectivity index (χ0n) is 19.7. The van der Waals surface area contributed by atoms with Crippen molar-refractivity contribution in [1.82, 2.24) is 24.9 Å². The Morgan fingerprint density at radius 2 is 1.74 bits per heavy atom. The molecule has 0 aliphatic carbocycles. The van der Waals surface area contributed by atoms with Gasteiger partial charge in [-0.15, -0.1) is 0 Å². The van der Waals surface area contributed by atoms with Crippen LogP contribution in [0, 0.1) is 0 Å². The van der Waals surface area contributed by atoms with E-state index in [0.29, 0.717) is 0 Å². The Labute approximate surface area is 189 Å². The number of benzene rings is 1. The van der Waals surface area contributed by atoms with Crippen LogP contribution in [-0.2, 0) is 0 Å². The van der Waals surface area contributed by atoms with E-state index < -0.39 is 0 Å². The van der Waals surface area contributed by atoms with Crippen molar-refractivity contribution in [3.63, 3.8) is 0 Å². The molecule has 0 unspecified atom stereocenters. The first-order valence-corrected chi connectivity index (χ1v) is 12.1. The van der Waals surface area contributed by atoms with Crippen molar-refractivity contribution in [3.05, 3.63) is 42.0 Å². The summed E-state index contributed by atoms with van der Waals surface area (Å²) in [5.41, 5.74) is 1.27. The van der Waals surface area contributed by atoms with Crippen molar-refractivity contribution in [3.8, 4) is 0 Å². The second-order valence-corrected chi connectivity index (χ2v) is 8.69. The number of likely N-dealkylation sites (N-methyl/N-ethyl adjacent to an activating group) is 1. The minimum atomic E-state index is 0.911. The van der Waals surface area contributed by atoms with Gasteiger partial charge in [-0.25, -0.2) is 0 Å². The monoisotopic (exact) mass is 426 g/mol. The molecule has 2 aliphatic heterocycles. The van der Waals surface area contributed by atoms with Crippen molar-refractivity contribution in [2.24, 2.45) is 4.99 Å². The molecular weight excluding hydrogens is 384 g/mol. The van der Waals surface area contributed by atoms with E-state index in [1.807, 2.05) is 0 Å². The number of nitrogens with zero attached hydrogens (tertiary/aromatic N) is 5. The minimum Gasteiger partial charge on any atom is -0.357 e. The summed E-state index contributed by atoms with van der Waals surface area (Å²) < 4.78 is 0. The second kappa shape index (κ2) is 13.5. The van der Waals surface area contributed by atoms with E-state index in [4.69, 9.17) is 4.99 Å². The predicted molar refractivity (Wildman–Crippen MR) is 133 cm³/mol. The van der Waals surface area contributed by atoms with E-state index in [1.54, 1.807) is 0 Å². The number of hydrogen-bond acceptors (Lipinski definition) is 4. The molecule has 1 aromatic rings. The normalized spacial score (nSPS) is 20.3. The zero-order chi connectivity index (χ0) is 21.7. The average Bonchev–Trinajstić information content (AvgIpc) is 3.01. The first-order valence-electron chi connectivity index (χ1n) is 12.1. The molecule has 0 saturated carbocycles. The average molecular weight is 427 g/mol. The Hall–Kier alpha value is -1.89. The third-order valence-corrected chi connectivity index (χ3v) is 6.19. The molecular formula is C25H42N6. The number of nitrogens with one attached hydrogen (secondary N) is 1. The highest BCUT2D eigenvalue weighted by molar-refractivity contribution is 5.80. The lowest BCUT2D eigenvalue weighted by Crippen LogP contribution is -2.52. The lowest BCUT2D eigenvalue weighted by Gasteiger charge is -2.36. The Morgan fingerprint density at radius 1 is 0.968 bits per heavy atom. The summed E-state index contributed by atoms with van der Waals surface area (Å²) in [7, 11) is 2.23. The highest BCUT2D eigenvalue weighted by Gasteiger charge is 2.18. The first-order chi connectivity index (χ1) is 15.2. The van der Waals surface area contributed by atoms with Gasteiger partial charge in [-0.2, -0.15) is 0 Å². The van der Waals surface area contributed by atoms with Crippen LogP contribution in [0.4, 0.5) is 0 Å². The van der Waals surface area contributed by atoms with Crippen LogP contribution >= 0.6 is 0 Å². The van der Waals surface area contributed by atoms with Crippen LogP contribution in [0.15, 0.2) is 41.4 Å².